The molecule has 0 aliphatic rings. The van der Waals surface area contributed by atoms with Crippen molar-refractivity contribution in [3.05, 3.63) is 39.4 Å². The number of halogens is 2. The maximum absolute atomic E-state index is 11.6. The Hall–Kier alpha value is -1.26. The molecule has 0 saturated carbocycles. The van der Waals surface area contributed by atoms with Crippen LogP contribution in [-0.4, -0.2) is 14.5 Å². The molecule has 2 heterocycles. The predicted octanol–water partition coefficient (Wildman–Crippen LogP) is 1.78. The van der Waals surface area contributed by atoms with Gasteiger partial charge in [0, 0.05) is 6.20 Å². The van der Waals surface area contributed by atoms with Crippen LogP contribution in [0.5, 0.6) is 5.75 Å². The Bertz CT molecular complexity index is 566. The van der Waals surface area contributed by atoms with Crippen molar-refractivity contribution in [2.24, 2.45) is 0 Å². The van der Waals surface area contributed by atoms with Crippen molar-refractivity contribution in [2.45, 2.75) is 6.92 Å². The number of aryl methyl sites for hydroxylation is 1. The van der Waals surface area contributed by atoms with Gasteiger partial charge in [0.2, 0.25) is 0 Å². The first-order valence-corrected chi connectivity index (χ1v) is 4.35. The van der Waals surface area contributed by atoms with Crippen LogP contribution in [0.1, 0.15) is 5.69 Å². The first-order chi connectivity index (χ1) is 6.61. The van der Waals surface area contributed by atoms with Gasteiger partial charge in [-0.2, -0.15) is 0 Å². The second-order valence-electron chi connectivity index (χ2n) is 2.90. The first-order valence-electron chi connectivity index (χ1n) is 3.97. The van der Waals surface area contributed by atoms with Crippen molar-refractivity contribution < 1.29 is 5.11 Å². The lowest BCUT2D eigenvalue weighted by molar-refractivity contribution is 0.476. The monoisotopic (exact) mass is 246 g/mol. The minimum atomic E-state index is -0.370. The van der Waals surface area contributed by atoms with E-state index < -0.39 is 0 Å². The summed E-state index contributed by atoms with van der Waals surface area (Å²) in [5, 5.41) is 9.52. The van der Waals surface area contributed by atoms with Gasteiger partial charge in [-0.15, -0.1) is 12.4 Å². The molecule has 0 aliphatic carbocycles. The van der Waals surface area contributed by atoms with Crippen LogP contribution in [0, 0.1) is 6.92 Å². The number of aromatic nitrogens is 2. The Labute approximate surface area is 96.6 Å². The molecule has 2 rings (SSSR count). The van der Waals surface area contributed by atoms with E-state index in [4.69, 9.17) is 11.6 Å². The maximum Gasteiger partial charge on any atom is 0.277 e. The summed E-state index contributed by atoms with van der Waals surface area (Å²) >= 11 is 5.73. The normalized spacial score (nSPS) is 10.0. The van der Waals surface area contributed by atoms with Crippen molar-refractivity contribution in [2.75, 3.05) is 0 Å². The molecule has 0 aliphatic heterocycles. The summed E-state index contributed by atoms with van der Waals surface area (Å²) in [6, 6.07) is 3.02. The molecule has 15 heavy (non-hydrogen) atoms. The molecule has 2 aromatic heterocycles. The van der Waals surface area contributed by atoms with E-state index >= 15 is 0 Å². The number of fused-ring (bicyclic) bond motifs is 1. The van der Waals surface area contributed by atoms with Gasteiger partial charge in [-0.1, -0.05) is 11.6 Å². The quantitative estimate of drug-likeness (QED) is 0.772. The Morgan fingerprint density at radius 3 is 2.87 bits per heavy atom. The molecule has 0 radical (unpaired) electrons. The average molecular weight is 247 g/mol. The number of aromatic hydroxyl groups is 1. The molecule has 0 atom stereocenters. The topological polar surface area (TPSA) is 54.6 Å². The number of hydrogen-bond donors (Lipinski definition) is 1. The summed E-state index contributed by atoms with van der Waals surface area (Å²) in [5.74, 6) is -0.0376. The van der Waals surface area contributed by atoms with Gasteiger partial charge in [0.1, 0.15) is 5.02 Å². The maximum atomic E-state index is 11.6. The molecular formula is C9H8Cl2N2O2. The summed E-state index contributed by atoms with van der Waals surface area (Å²) in [4.78, 5) is 15.6. The lowest BCUT2D eigenvalue weighted by atomic mass is 10.4. The Kier molecular flexibility index (Phi) is 3.21. The molecule has 2 aromatic rings. The summed E-state index contributed by atoms with van der Waals surface area (Å²) in [6.45, 7) is 1.62. The standard InChI is InChI=1S/C9H7ClN2O2.ClH/c1-5-7(10)9(14)12-4-2-3-6(13)8(12)11-5;/h2-4,13H,1H3;1H. The smallest absolute Gasteiger partial charge is 0.277 e. The van der Waals surface area contributed by atoms with Crippen molar-refractivity contribution in [3.63, 3.8) is 0 Å². The summed E-state index contributed by atoms with van der Waals surface area (Å²) < 4.78 is 1.21. The molecule has 0 saturated heterocycles. The molecule has 6 heteroatoms. The lowest BCUT2D eigenvalue weighted by Gasteiger charge is -2.03. The highest BCUT2D eigenvalue weighted by molar-refractivity contribution is 6.31. The highest BCUT2D eigenvalue weighted by atomic mass is 35.5. The Morgan fingerprint density at radius 2 is 2.20 bits per heavy atom. The van der Waals surface area contributed by atoms with Crippen LogP contribution < -0.4 is 5.56 Å². The minimum absolute atomic E-state index is 0. The van der Waals surface area contributed by atoms with Crippen LogP contribution in [0.25, 0.3) is 5.65 Å². The molecule has 0 amide bonds. The van der Waals surface area contributed by atoms with E-state index in [2.05, 4.69) is 4.98 Å². The Morgan fingerprint density at radius 1 is 1.53 bits per heavy atom. The Balaban J connectivity index is 0.00000112. The van der Waals surface area contributed by atoms with E-state index in [0.29, 0.717) is 5.69 Å². The second-order valence-corrected chi connectivity index (χ2v) is 3.28. The second kappa shape index (κ2) is 4.08. The van der Waals surface area contributed by atoms with Crippen LogP contribution in [0.4, 0.5) is 0 Å². The largest absolute Gasteiger partial charge is 0.504 e. The first kappa shape index (κ1) is 11.8. The predicted molar refractivity (Wildman–Crippen MR) is 60.1 cm³/mol. The molecule has 0 fully saturated rings. The molecule has 80 valence electrons. The average Bonchev–Trinajstić information content (AvgIpc) is 2.17. The van der Waals surface area contributed by atoms with Crippen molar-refractivity contribution in [3.8, 4) is 5.75 Å². The van der Waals surface area contributed by atoms with Crippen molar-refractivity contribution in [1.29, 1.82) is 0 Å². The summed E-state index contributed by atoms with van der Waals surface area (Å²) in [7, 11) is 0. The minimum Gasteiger partial charge on any atom is -0.504 e. The molecule has 0 bridgehead atoms. The van der Waals surface area contributed by atoms with E-state index in [-0.39, 0.29) is 34.4 Å². The van der Waals surface area contributed by atoms with Crippen LogP contribution in [0.15, 0.2) is 23.1 Å². The molecule has 0 unspecified atom stereocenters. The number of rotatable bonds is 0. The van der Waals surface area contributed by atoms with E-state index in [1.165, 1.54) is 16.7 Å². The summed E-state index contributed by atoms with van der Waals surface area (Å²) in [5.41, 5.74) is 0.266. The van der Waals surface area contributed by atoms with E-state index in [9.17, 15) is 9.90 Å². The van der Waals surface area contributed by atoms with Gasteiger partial charge in [-0.05, 0) is 19.1 Å². The van der Waals surface area contributed by atoms with Crippen LogP contribution in [0.3, 0.4) is 0 Å². The van der Waals surface area contributed by atoms with Gasteiger partial charge in [0.05, 0.1) is 5.69 Å². The van der Waals surface area contributed by atoms with Gasteiger partial charge in [-0.3, -0.25) is 9.20 Å². The molecule has 0 aromatic carbocycles. The third kappa shape index (κ3) is 1.78. The van der Waals surface area contributed by atoms with E-state index in [0.717, 1.165) is 0 Å². The molecular weight excluding hydrogens is 239 g/mol. The van der Waals surface area contributed by atoms with E-state index in [1.807, 2.05) is 0 Å². The van der Waals surface area contributed by atoms with Gasteiger partial charge < -0.3 is 5.11 Å². The fraction of sp³-hybridized carbons (Fsp3) is 0.111. The van der Waals surface area contributed by atoms with Crippen molar-refractivity contribution >= 4 is 29.7 Å². The number of nitrogens with zero attached hydrogens (tertiary/aromatic N) is 2. The van der Waals surface area contributed by atoms with Crippen LogP contribution in [0.2, 0.25) is 5.02 Å². The SMILES string of the molecule is Cc1nc2c(O)cccn2c(=O)c1Cl.Cl. The zero-order valence-corrected chi connectivity index (χ0v) is 9.34. The third-order valence-electron chi connectivity index (χ3n) is 1.94. The van der Waals surface area contributed by atoms with Gasteiger partial charge in [0.25, 0.3) is 5.56 Å². The number of hydrogen-bond acceptors (Lipinski definition) is 3. The zero-order chi connectivity index (χ0) is 10.3. The highest BCUT2D eigenvalue weighted by Gasteiger charge is 2.08. The van der Waals surface area contributed by atoms with Gasteiger partial charge in [-0.25, -0.2) is 4.98 Å². The van der Waals surface area contributed by atoms with Gasteiger partial charge in [0.15, 0.2) is 11.4 Å². The fourth-order valence-electron chi connectivity index (χ4n) is 1.23. The van der Waals surface area contributed by atoms with Crippen molar-refractivity contribution in [1.82, 2.24) is 9.38 Å². The fourth-order valence-corrected chi connectivity index (χ4v) is 1.37. The number of pyridine rings is 1. The van der Waals surface area contributed by atoms with E-state index in [1.54, 1.807) is 13.0 Å². The van der Waals surface area contributed by atoms with Crippen LogP contribution >= 0.6 is 24.0 Å². The molecule has 4 nitrogen and oxygen atoms in total. The van der Waals surface area contributed by atoms with Crippen LogP contribution in [-0.2, 0) is 0 Å². The third-order valence-corrected chi connectivity index (χ3v) is 2.38. The molecule has 0 spiro atoms. The lowest BCUT2D eigenvalue weighted by Crippen LogP contribution is -2.16. The summed E-state index contributed by atoms with van der Waals surface area (Å²) in [6.07, 6.45) is 1.51. The van der Waals surface area contributed by atoms with Gasteiger partial charge >= 0.3 is 0 Å². The highest BCUT2D eigenvalue weighted by Crippen LogP contribution is 2.16. The zero-order valence-electron chi connectivity index (χ0n) is 7.77. The molecule has 1 N–H and O–H groups in total.